The van der Waals surface area contributed by atoms with Crippen molar-refractivity contribution >= 4 is 23.3 Å². The zero-order valence-electron chi connectivity index (χ0n) is 13.2. The van der Waals surface area contributed by atoms with Crippen LogP contribution < -0.4 is 10.5 Å². The van der Waals surface area contributed by atoms with E-state index in [2.05, 4.69) is 4.98 Å². The molecule has 0 aliphatic rings. The lowest BCUT2D eigenvalue weighted by molar-refractivity contribution is 0.0371. The Balaban J connectivity index is 2.63. The van der Waals surface area contributed by atoms with E-state index < -0.39 is 29.4 Å². The van der Waals surface area contributed by atoms with Gasteiger partial charge < -0.3 is 15.2 Å². The van der Waals surface area contributed by atoms with Crippen molar-refractivity contribution in [3.63, 3.8) is 0 Å². The molecule has 2 rings (SSSR count). The minimum Gasteiger partial charge on any atom is -0.492 e. The smallest absolute Gasteiger partial charge is 0.357 e. The van der Waals surface area contributed by atoms with Crippen molar-refractivity contribution in [2.75, 3.05) is 12.8 Å². The number of halogens is 3. The molecule has 0 atom stereocenters. The fourth-order valence-corrected chi connectivity index (χ4v) is 2.23. The summed E-state index contributed by atoms with van der Waals surface area (Å²) in [6.07, 6.45) is -0.401. The molecular formula is C16H15ClF2N2O3. The average molecular weight is 357 g/mol. The maximum atomic E-state index is 14.5. The van der Waals surface area contributed by atoms with Crippen LogP contribution in [0.5, 0.6) is 5.75 Å². The third-order valence-corrected chi connectivity index (χ3v) is 3.34. The largest absolute Gasteiger partial charge is 0.492 e. The van der Waals surface area contributed by atoms with Crippen LogP contribution in [-0.4, -0.2) is 24.2 Å². The number of carbonyl (C=O) groups is 1. The zero-order chi connectivity index (χ0) is 18.0. The molecule has 0 radical (unpaired) electrons. The monoisotopic (exact) mass is 356 g/mol. The summed E-state index contributed by atoms with van der Waals surface area (Å²) >= 11 is 5.82. The predicted octanol–water partition coefficient (Wildman–Crippen LogP) is 3.84. The summed E-state index contributed by atoms with van der Waals surface area (Å²) in [5.74, 6) is -2.92. The lowest BCUT2D eigenvalue weighted by atomic mass is 10.1. The molecule has 0 aliphatic carbocycles. The number of methoxy groups -OCH3 is 1. The number of ether oxygens (including phenoxy) is 2. The van der Waals surface area contributed by atoms with Crippen LogP contribution in [0.25, 0.3) is 11.3 Å². The number of nitrogen functional groups attached to an aromatic ring is 1. The normalized spacial score (nSPS) is 10.8. The number of benzene rings is 1. The second kappa shape index (κ2) is 7.00. The van der Waals surface area contributed by atoms with Crippen molar-refractivity contribution in [2.24, 2.45) is 0 Å². The van der Waals surface area contributed by atoms with Gasteiger partial charge in [0, 0.05) is 5.56 Å². The van der Waals surface area contributed by atoms with Crippen LogP contribution in [0.1, 0.15) is 24.3 Å². The molecule has 1 heterocycles. The Hall–Kier alpha value is -2.41. The predicted molar refractivity (Wildman–Crippen MR) is 86.1 cm³/mol. The fraction of sp³-hybridized carbons (Fsp3) is 0.250. The Morgan fingerprint density at radius 1 is 1.29 bits per heavy atom. The summed E-state index contributed by atoms with van der Waals surface area (Å²) in [7, 11) is 1.22. The first-order valence-electron chi connectivity index (χ1n) is 6.95. The van der Waals surface area contributed by atoms with Gasteiger partial charge >= 0.3 is 5.97 Å². The fourth-order valence-electron chi connectivity index (χ4n) is 2.01. The van der Waals surface area contributed by atoms with Gasteiger partial charge in [-0.1, -0.05) is 11.6 Å². The number of esters is 1. The summed E-state index contributed by atoms with van der Waals surface area (Å²) in [4.78, 5) is 15.8. The van der Waals surface area contributed by atoms with E-state index >= 15 is 0 Å². The molecular weight excluding hydrogens is 342 g/mol. The number of rotatable bonds is 4. The van der Waals surface area contributed by atoms with Crippen LogP contribution in [0.15, 0.2) is 18.2 Å². The SMILES string of the molecule is COc1c(Cl)ccc(-c2nc(C(=O)OC(C)C)cc(N)c2F)c1F. The molecule has 128 valence electrons. The second-order valence-corrected chi connectivity index (χ2v) is 5.56. The molecule has 0 bridgehead atoms. The third-order valence-electron chi connectivity index (χ3n) is 3.05. The first kappa shape index (κ1) is 17.9. The highest BCUT2D eigenvalue weighted by Gasteiger charge is 2.23. The maximum absolute atomic E-state index is 14.5. The van der Waals surface area contributed by atoms with Gasteiger partial charge in [0.25, 0.3) is 0 Å². The number of aromatic nitrogens is 1. The molecule has 0 unspecified atom stereocenters. The Kier molecular flexibility index (Phi) is 5.23. The minimum atomic E-state index is -0.959. The van der Waals surface area contributed by atoms with E-state index in [0.29, 0.717) is 0 Å². The van der Waals surface area contributed by atoms with Gasteiger partial charge in [-0.2, -0.15) is 0 Å². The first-order chi connectivity index (χ1) is 11.3. The lowest BCUT2D eigenvalue weighted by Crippen LogP contribution is -2.15. The molecule has 1 aromatic carbocycles. The van der Waals surface area contributed by atoms with E-state index in [9.17, 15) is 13.6 Å². The van der Waals surface area contributed by atoms with Crippen LogP contribution in [-0.2, 0) is 4.74 Å². The molecule has 8 heteroatoms. The number of hydrogen-bond donors (Lipinski definition) is 1. The van der Waals surface area contributed by atoms with Gasteiger partial charge in [0.05, 0.1) is 23.9 Å². The highest BCUT2D eigenvalue weighted by atomic mass is 35.5. The van der Waals surface area contributed by atoms with Gasteiger partial charge in [-0.15, -0.1) is 0 Å². The standard InChI is InChI=1S/C16H15ClF2N2O3/c1-7(2)24-16(22)11-6-10(20)13(19)14(21-11)8-4-5-9(17)15(23-3)12(8)18/h4-7H,1-3H3,(H2,20,21). The van der Waals surface area contributed by atoms with Gasteiger partial charge in [-0.3, -0.25) is 0 Å². The van der Waals surface area contributed by atoms with Crippen molar-refractivity contribution in [1.82, 2.24) is 4.98 Å². The van der Waals surface area contributed by atoms with Crippen LogP contribution in [0.3, 0.4) is 0 Å². The van der Waals surface area contributed by atoms with Gasteiger partial charge in [0.15, 0.2) is 23.1 Å². The molecule has 0 fully saturated rings. The quantitative estimate of drug-likeness (QED) is 0.842. The molecule has 0 amide bonds. The van der Waals surface area contributed by atoms with Crippen LogP contribution >= 0.6 is 11.6 Å². The summed E-state index contributed by atoms with van der Waals surface area (Å²) in [5.41, 5.74) is 4.32. The Labute approximate surface area is 142 Å². The maximum Gasteiger partial charge on any atom is 0.357 e. The molecule has 0 saturated carbocycles. The van der Waals surface area contributed by atoms with Crippen molar-refractivity contribution in [1.29, 1.82) is 0 Å². The van der Waals surface area contributed by atoms with Crippen molar-refractivity contribution in [2.45, 2.75) is 20.0 Å². The number of nitrogens with two attached hydrogens (primary N) is 1. The highest BCUT2D eigenvalue weighted by Crippen LogP contribution is 2.36. The van der Waals surface area contributed by atoms with Crippen molar-refractivity contribution < 1.29 is 23.0 Å². The van der Waals surface area contributed by atoms with Gasteiger partial charge in [0.1, 0.15) is 5.69 Å². The molecule has 2 aromatic rings. The molecule has 0 saturated heterocycles. The van der Waals surface area contributed by atoms with E-state index in [0.717, 1.165) is 6.07 Å². The Morgan fingerprint density at radius 3 is 2.54 bits per heavy atom. The molecule has 5 nitrogen and oxygen atoms in total. The van der Waals surface area contributed by atoms with Gasteiger partial charge in [-0.05, 0) is 32.0 Å². The molecule has 1 aromatic heterocycles. The number of nitrogens with zero attached hydrogens (tertiary/aromatic N) is 1. The second-order valence-electron chi connectivity index (χ2n) is 5.16. The van der Waals surface area contributed by atoms with Gasteiger partial charge in [0.2, 0.25) is 0 Å². The summed E-state index contributed by atoms with van der Waals surface area (Å²) < 4.78 is 38.7. The van der Waals surface area contributed by atoms with Crippen molar-refractivity contribution in [3.8, 4) is 17.0 Å². The van der Waals surface area contributed by atoms with Crippen LogP contribution in [0, 0.1) is 11.6 Å². The number of carbonyl (C=O) groups excluding carboxylic acids is 1. The molecule has 0 spiro atoms. The Bertz CT molecular complexity index is 797. The zero-order valence-corrected chi connectivity index (χ0v) is 13.9. The van der Waals surface area contributed by atoms with E-state index in [4.69, 9.17) is 26.8 Å². The summed E-state index contributed by atoms with van der Waals surface area (Å²) in [6, 6.07) is 3.59. The first-order valence-corrected chi connectivity index (χ1v) is 7.33. The van der Waals surface area contributed by atoms with Crippen LogP contribution in [0.2, 0.25) is 5.02 Å². The van der Waals surface area contributed by atoms with E-state index in [-0.39, 0.29) is 27.7 Å². The average Bonchev–Trinajstić information content (AvgIpc) is 2.50. The molecule has 24 heavy (non-hydrogen) atoms. The number of anilines is 1. The number of hydrogen-bond acceptors (Lipinski definition) is 5. The van der Waals surface area contributed by atoms with E-state index in [1.165, 1.54) is 19.2 Å². The highest BCUT2D eigenvalue weighted by molar-refractivity contribution is 6.32. The van der Waals surface area contributed by atoms with Crippen molar-refractivity contribution in [3.05, 3.63) is 40.6 Å². The van der Waals surface area contributed by atoms with E-state index in [1.54, 1.807) is 13.8 Å². The topological polar surface area (TPSA) is 74.4 Å². The molecule has 2 N–H and O–H groups in total. The van der Waals surface area contributed by atoms with Crippen LogP contribution in [0.4, 0.5) is 14.5 Å². The lowest BCUT2D eigenvalue weighted by Gasteiger charge is -2.13. The minimum absolute atomic E-state index is 0.0162. The summed E-state index contributed by atoms with van der Waals surface area (Å²) in [5, 5.41) is 0.0162. The van der Waals surface area contributed by atoms with Gasteiger partial charge in [-0.25, -0.2) is 18.6 Å². The summed E-state index contributed by atoms with van der Waals surface area (Å²) in [6.45, 7) is 3.30. The van der Waals surface area contributed by atoms with E-state index in [1.807, 2.05) is 0 Å². The Morgan fingerprint density at radius 2 is 1.96 bits per heavy atom. The third kappa shape index (κ3) is 3.41. The number of pyridine rings is 1. The molecule has 0 aliphatic heterocycles.